The van der Waals surface area contributed by atoms with Crippen molar-refractivity contribution in [3.8, 4) is 0 Å². The number of carbonyl (C=O) groups is 1. The Morgan fingerprint density at radius 1 is 1.21 bits per heavy atom. The molecule has 8 nitrogen and oxygen atoms in total. The van der Waals surface area contributed by atoms with Crippen molar-refractivity contribution in [3.63, 3.8) is 0 Å². The van der Waals surface area contributed by atoms with Crippen molar-refractivity contribution >= 4 is 27.3 Å². The van der Waals surface area contributed by atoms with Gasteiger partial charge in [-0.2, -0.15) is 0 Å². The van der Waals surface area contributed by atoms with Crippen LogP contribution in [-0.2, 0) is 19.6 Å². The van der Waals surface area contributed by atoms with Gasteiger partial charge in [-0.05, 0) is 18.2 Å². The van der Waals surface area contributed by atoms with E-state index < -0.39 is 10.0 Å². The molecule has 0 aromatic heterocycles. The van der Waals surface area contributed by atoms with Gasteiger partial charge in [0.2, 0.25) is 15.9 Å². The number of nitrogens with zero attached hydrogens (tertiary/aromatic N) is 2. The summed E-state index contributed by atoms with van der Waals surface area (Å²) in [5.74, 6) is -0.256. The first-order chi connectivity index (χ1) is 11.2. The van der Waals surface area contributed by atoms with Crippen LogP contribution in [0.4, 0.5) is 11.4 Å². The van der Waals surface area contributed by atoms with Crippen LogP contribution in [0.5, 0.6) is 0 Å². The molecular weight excluding hydrogens is 332 g/mol. The van der Waals surface area contributed by atoms with Crippen LogP contribution >= 0.6 is 0 Å². The minimum Gasteiger partial charge on any atom is -0.383 e. The smallest absolute Gasteiger partial charge is 0.242 e. The van der Waals surface area contributed by atoms with Gasteiger partial charge >= 0.3 is 0 Å². The summed E-state index contributed by atoms with van der Waals surface area (Å²) >= 11 is 0. The number of nitrogens with one attached hydrogen (secondary N) is 2. The molecule has 1 aromatic carbocycles. The summed E-state index contributed by atoms with van der Waals surface area (Å²) in [4.78, 5) is 14.0. The zero-order chi connectivity index (χ0) is 18.3. The van der Waals surface area contributed by atoms with E-state index in [-0.39, 0.29) is 17.3 Å². The number of ether oxygens (including phenoxy) is 1. The van der Waals surface area contributed by atoms with Crippen LogP contribution in [0, 0.1) is 0 Å². The molecule has 0 aliphatic heterocycles. The average Bonchev–Trinajstić information content (AvgIpc) is 2.51. The molecule has 0 aliphatic carbocycles. The van der Waals surface area contributed by atoms with E-state index >= 15 is 0 Å². The van der Waals surface area contributed by atoms with E-state index in [2.05, 4.69) is 10.6 Å². The van der Waals surface area contributed by atoms with Crippen molar-refractivity contribution in [1.29, 1.82) is 0 Å². The van der Waals surface area contributed by atoms with Crippen molar-refractivity contribution in [1.82, 2.24) is 9.62 Å². The number of hydrogen-bond acceptors (Lipinski definition) is 6. The molecule has 0 bridgehead atoms. The maximum absolute atomic E-state index is 12.3. The Morgan fingerprint density at radius 2 is 1.88 bits per heavy atom. The lowest BCUT2D eigenvalue weighted by atomic mass is 10.2. The molecule has 0 unspecified atom stereocenters. The highest BCUT2D eigenvalue weighted by atomic mass is 32.2. The molecule has 0 spiro atoms. The quantitative estimate of drug-likeness (QED) is 0.612. The maximum Gasteiger partial charge on any atom is 0.242 e. The fourth-order valence-electron chi connectivity index (χ4n) is 1.95. The van der Waals surface area contributed by atoms with E-state index in [4.69, 9.17) is 4.74 Å². The molecule has 0 saturated carbocycles. The first-order valence-electron chi connectivity index (χ1n) is 7.43. The van der Waals surface area contributed by atoms with Gasteiger partial charge in [0.15, 0.2) is 0 Å². The van der Waals surface area contributed by atoms with Gasteiger partial charge in [-0.3, -0.25) is 4.79 Å². The number of rotatable bonds is 9. The number of carbonyl (C=O) groups excluding carboxylic acids is 1. The fraction of sp³-hybridized carbons (Fsp3) is 0.533. The van der Waals surface area contributed by atoms with Crippen LogP contribution in [0.25, 0.3) is 0 Å². The van der Waals surface area contributed by atoms with Crippen molar-refractivity contribution in [2.75, 3.05) is 65.2 Å². The van der Waals surface area contributed by atoms with Crippen LogP contribution in [0.15, 0.2) is 23.1 Å². The standard InChI is InChI=1S/C15H26N4O4S/c1-18(2)14-7-6-12(24(21,22)19(3)4)10-13(14)17-15(20)11-16-8-9-23-5/h6-7,10,16H,8-9,11H2,1-5H3,(H,17,20). The summed E-state index contributed by atoms with van der Waals surface area (Å²) in [6, 6.07) is 4.67. The SMILES string of the molecule is COCCNCC(=O)Nc1cc(S(=O)(=O)N(C)C)ccc1N(C)C. The predicted octanol–water partition coefficient (Wildman–Crippen LogP) is 0.177. The zero-order valence-electron chi connectivity index (χ0n) is 14.8. The number of methoxy groups -OCH3 is 1. The van der Waals surface area contributed by atoms with Gasteiger partial charge in [0, 0.05) is 41.8 Å². The highest BCUT2D eigenvalue weighted by Crippen LogP contribution is 2.28. The van der Waals surface area contributed by atoms with E-state index in [1.54, 1.807) is 18.1 Å². The van der Waals surface area contributed by atoms with E-state index in [1.807, 2.05) is 14.1 Å². The first kappa shape index (κ1) is 20.4. The largest absolute Gasteiger partial charge is 0.383 e. The minimum atomic E-state index is -3.57. The van der Waals surface area contributed by atoms with Crippen LogP contribution in [0.1, 0.15) is 0 Å². The van der Waals surface area contributed by atoms with E-state index in [0.717, 1.165) is 9.99 Å². The lowest BCUT2D eigenvalue weighted by molar-refractivity contribution is -0.115. The van der Waals surface area contributed by atoms with Crippen LogP contribution in [-0.4, -0.2) is 73.6 Å². The average molecular weight is 358 g/mol. The summed E-state index contributed by atoms with van der Waals surface area (Å²) in [5.41, 5.74) is 1.17. The third-order valence-corrected chi connectivity index (χ3v) is 5.08. The van der Waals surface area contributed by atoms with Crippen LogP contribution < -0.4 is 15.5 Å². The lowest BCUT2D eigenvalue weighted by Crippen LogP contribution is -2.31. The molecule has 0 atom stereocenters. The highest BCUT2D eigenvalue weighted by Gasteiger charge is 2.20. The van der Waals surface area contributed by atoms with Gasteiger partial charge in [-0.1, -0.05) is 0 Å². The Labute approximate surface area is 143 Å². The third-order valence-electron chi connectivity index (χ3n) is 3.27. The second kappa shape index (κ2) is 8.97. The molecule has 0 aliphatic rings. The highest BCUT2D eigenvalue weighted by molar-refractivity contribution is 7.89. The summed E-state index contributed by atoms with van der Waals surface area (Å²) in [6.45, 7) is 1.17. The second-order valence-corrected chi connectivity index (χ2v) is 7.73. The number of anilines is 2. The predicted molar refractivity (Wildman–Crippen MR) is 95.0 cm³/mol. The number of benzene rings is 1. The zero-order valence-corrected chi connectivity index (χ0v) is 15.6. The fourth-order valence-corrected chi connectivity index (χ4v) is 2.88. The van der Waals surface area contributed by atoms with Crippen LogP contribution in [0.3, 0.4) is 0 Å². The van der Waals surface area contributed by atoms with E-state index in [9.17, 15) is 13.2 Å². The molecular formula is C15H26N4O4S. The van der Waals surface area contributed by atoms with Crippen molar-refractivity contribution < 1.29 is 17.9 Å². The van der Waals surface area contributed by atoms with Gasteiger partial charge in [-0.25, -0.2) is 12.7 Å². The van der Waals surface area contributed by atoms with Crippen molar-refractivity contribution in [3.05, 3.63) is 18.2 Å². The van der Waals surface area contributed by atoms with E-state index in [0.29, 0.717) is 18.8 Å². The maximum atomic E-state index is 12.3. The first-order valence-corrected chi connectivity index (χ1v) is 8.87. The van der Waals surface area contributed by atoms with Gasteiger partial charge in [0.1, 0.15) is 0 Å². The van der Waals surface area contributed by atoms with Crippen LogP contribution in [0.2, 0.25) is 0 Å². The third kappa shape index (κ3) is 5.45. The summed E-state index contributed by atoms with van der Waals surface area (Å²) in [6.07, 6.45) is 0. The van der Waals surface area contributed by atoms with E-state index in [1.165, 1.54) is 26.2 Å². The van der Waals surface area contributed by atoms with Crippen molar-refractivity contribution in [2.24, 2.45) is 0 Å². The van der Waals surface area contributed by atoms with Gasteiger partial charge < -0.3 is 20.3 Å². The molecule has 0 heterocycles. The molecule has 24 heavy (non-hydrogen) atoms. The minimum absolute atomic E-state index is 0.112. The number of amides is 1. The molecule has 2 N–H and O–H groups in total. The number of sulfonamides is 1. The summed E-state index contributed by atoms with van der Waals surface area (Å²) < 4.78 is 30.6. The Morgan fingerprint density at radius 3 is 2.42 bits per heavy atom. The lowest BCUT2D eigenvalue weighted by Gasteiger charge is -2.20. The molecule has 1 rings (SSSR count). The topological polar surface area (TPSA) is 91.0 Å². The molecule has 0 radical (unpaired) electrons. The normalized spacial score (nSPS) is 11.6. The molecule has 0 fully saturated rings. The molecule has 136 valence electrons. The second-order valence-electron chi connectivity index (χ2n) is 5.58. The van der Waals surface area contributed by atoms with Crippen molar-refractivity contribution in [2.45, 2.75) is 4.90 Å². The van der Waals surface area contributed by atoms with Gasteiger partial charge in [0.05, 0.1) is 29.4 Å². The summed E-state index contributed by atoms with van der Waals surface area (Å²) in [5, 5.41) is 5.69. The Hall–Kier alpha value is -1.68. The Kier molecular flexibility index (Phi) is 7.61. The molecule has 0 saturated heterocycles. The molecule has 9 heteroatoms. The molecule has 1 aromatic rings. The Balaban J connectivity index is 3.00. The summed E-state index contributed by atoms with van der Waals surface area (Å²) in [7, 11) is 4.59. The van der Waals surface area contributed by atoms with Gasteiger partial charge in [0.25, 0.3) is 0 Å². The Bertz CT molecular complexity index is 659. The molecule has 1 amide bonds. The van der Waals surface area contributed by atoms with Gasteiger partial charge in [-0.15, -0.1) is 0 Å². The number of hydrogen-bond donors (Lipinski definition) is 2. The monoisotopic (exact) mass is 358 g/mol.